The molecule has 0 saturated heterocycles. The molecule has 0 unspecified atom stereocenters. The van der Waals surface area contributed by atoms with Gasteiger partial charge >= 0.3 is 5.97 Å². The molecule has 0 bridgehead atoms. The van der Waals surface area contributed by atoms with Crippen LogP contribution in [0.5, 0.6) is 0 Å². The number of carbonyl (C=O) groups excluding carboxylic acids is 2. The summed E-state index contributed by atoms with van der Waals surface area (Å²) < 4.78 is 10.5. The average Bonchev–Trinajstić information content (AvgIpc) is 3.12. The van der Waals surface area contributed by atoms with Gasteiger partial charge in [0.15, 0.2) is 6.04 Å². The number of hydrogen-bond acceptors (Lipinski definition) is 5. The van der Waals surface area contributed by atoms with Gasteiger partial charge in [-0.15, -0.1) is 11.3 Å². The minimum atomic E-state index is -0.425. The quantitative estimate of drug-likeness (QED) is 0.445. The van der Waals surface area contributed by atoms with Gasteiger partial charge < -0.3 is 20.1 Å². The van der Waals surface area contributed by atoms with Gasteiger partial charge in [-0.25, -0.2) is 4.79 Å². The molecule has 3 N–H and O–H groups in total. The number of carbonyl (C=O) groups is 2. The van der Waals surface area contributed by atoms with Crippen LogP contribution in [0, 0.1) is 0 Å². The molecule has 1 heterocycles. The van der Waals surface area contributed by atoms with Crippen LogP contribution in [0.25, 0.3) is 11.1 Å². The van der Waals surface area contributed by atoms with Crippen molar-refractivity contribution >= 4 is 28.2 Å². The van der Waals surface area contributed by atoms with Gasteiger partial charge in [0.1, 0.15) is 10.6 Å². The van der Waals surface area contributed by atoms with Crippen LogP contribution in [0.15, 0.2) is 35.7 Å². The summed E-state index contributed by atoms with van der Waals surface area (Å²) in [4.78, 5) is 25.1. The average molecular weight is 406 g/mol. The number of nitrogens with one attached hydrogen (secondary N) is 1. The van der Waals surface area contributed by atoms with Gasteiger partial charge in [-0.2, -0.15) is 0 Å². The summed E-state index contributed by atoms with van der Waals surface area (Å²) in [5.41, 5.74) is 2.10. The van der Waals surface area contributed by atoms with E-state index in [2.05, 4.69) is 5.32 Å². The highest BCUT2D eigenvalue weighted by atomic mass is 32.1. The number of ether oxygens (including phenoxy) is 2. The van der Waals surface area contributed by atoms with Gasteiger partial charge in [-0.05, 0) is 26.3 Å². The Hall–Kier alpha value is -2.22. The SMILES string of the molecule is CCOCCC[NH2+][C@H](C)C(=O)Nc1scc(-c2ccccc2)c1C(=O)OCC. The molecular weight excluding hydrogens is 376 g/mol. The van der Waals surface area contributed by atoms with Gasteiger partial charge in [0.25, 0.3) is 5.91 Å². The third kappa shape index (κ3) is 6.15. The molecule has 1 aromatic carbocycles. The lowest BCUT2D eigenvalue weighted by atomic mass is 10.0. The lowest BCUT2D eigenvalue weighted by molar-refractivity contribution is -0.673. The van der Waals surface area contributed by atoms with Crippen molar-refractivity contribution in [1.29, 1.82) is 0 Å². The van der Waals surface area contributed by atoms with Crippen molar-refractivity contribution in [3.63, 3.8) is 0 Å². The zero-order valence-corrected chi connectivity index (χ0v) is 17.5. The highest BCUT2D eigenvalue weighted by molar-refractivity contribution is 7.15. The van der Waals surface area contributed by atoms with E-state index >= 15 is 0 Å². The molecule has 1 aromatic heterocycles. The Morgan fingerprint density at radius 3 is 2.61 bits per heavy atom. The zero-order valence-electron chi connectivity index (χ0n) is 16.7. The maximum absolute atomic E-state index is 12.6. The first-order chi connectivity index (χ1) is 13.6. The summed E-state index contributed by atoms with van der Waals surface area (Å²) in [5.74, 6) is -0.560. The van der Waals surface area contributed by atoms with E-state index in [-0.39, 0.29) is 18.6 Å². The zero-order chi connectivity index (χ0) is 20.4. The Kier molecular flexibility index (Phi) is 9.13. The summed E-state index contributed by atoms with van der Waals surface area (Å²) in [7, 11) is 0. The van der Waals surface area contributed by atoms with Crippen molar-refractivity contribution in [3.8, 4) is 11.1 Å². The summed E-state index contributed by atoms with van der Waals surface area (Å²) in [6, 6.07) is 9.36. The molecular formula is C21H29N2O4S+. The fraction of sp³-hybridized carbons (Fsp3) is 0.429. The molecule has 28 heavy (non-hydrogen) atoms. The van der Waals surface area contributed by atoms with Crippen LogP contribution in [-0.4, -0.2) is 44.3 Å². The second-order valence-corrected chi connectivity index (χ2v) is 7.17. The maximum Gasteiger partial charge on any atom is 0.341 e. The van der Waals surface area contributed by atoms with Crippen LogP contribution >= 0.6 is 11.3 Å². The number of benzene rings is 1. The van der Waals surface area contributed by atoms with E-state index in [0.29, 0.717) is 23.8 Å². The van der Waals surface area contributed by atoms with Gasteiger partial charge in [0, 0.05) is 24.0 Å². The smallest absolute Gasteiger partial charge is 0.341 e. The highest BCUT2D eigenvalue weighted by Gasteiger charge is 2.25. The molecule has 0 spiro atoms. The minimum Gasteiger partial charge on any atom is -0.462 e. The second-order valence-electron chi connectivity index (χ2n) is 6.29. The van der Waals surface area contributed by atoms with Gasteiger partial charge in [0.2, 0.25) is 0 Å². The number of amides is 1. The maximum atomic E-state index is 12.6. The number of nitrogens with two attached hydrogens (primary N) is 1. The highest BCUT2D eigenvalue weighted by Crippen LogP contribution is 2.36. The number of anilines is 1. The topological polar surface area (TPSA) is 81.2 Å². The molecule has 0 fully saturated rings. The van der Waals surface area contributed by atoms with Crippen molar-refractivity contribution in [2.24, 2.45) is 0 Å². The molecule has 0 radical (unpaired) electrons. The molecule has 0 aliphatic heterocycles. The lowest BCUT2D eigenvalue weighted by Crippen LogP contribution is -2.91. The van der Waals surface area contributed by atoms with Crippen molar-refractivity contribution in [3.05, 3.63) is 41.3 Å². The van der Waals surface area contributed by atoms with Crippen molar-refractivity contribution in [2.45, 2.75) is 33.2 Å². The molecule has 152 valence electrons. The Morgan fingerprint density at radius 1 is 1.18 bits per heavy atom. The van der Waals surface area contributed by atoms with Crippen LogP contribution < -0.4 is 10.6 Å². The van der Waals surface area contributed by atoms with E-state index in [1.807, 2.05) is 54.9 Å². The monoisotopic (exact) mass is 405 g/mol. The third-order valence-corrected chi connectivity index (χ3v) is 5.12. The first kappa shape index (κ1) is 22.1. The Morgan fingerprint density at radius 2 is 1.93 bits per heavy atom. The van der Waals surface area contributed by atoms with E-state index in [1.54, 1.807) is 6.92 Å². The molecule has 6 nitrogen and oxygen atoms in total. The van der Waals surface area contributed by atoms with Gasteiger partial charge in [0.05, 0.1) is 19.8 Å². The molecule has 0 aliphatic rings. The van der Waals surface area contributed by atoms with Crippen molar-refractivity contribution in [2.75, 3.05) is 31.7 Å². The largest absolute Gasteiger partial charge is 0.462 e. The number of thiophene rings is 1. The van der Waals surface area contributed by atoms with E-state index < -0.39 is 5.97 Å². The van der Waals surface area contributed by atoms with Crippen LogP contribution in [0.2, 0.25) is 0 Å². The first-order valence-electron chi connectivity index (χ1n) is 9.64. The predicted octanol–water partition coefficient (Wildman–Crippen LogP) is 2.91. The van der Waals surface area contributed by atoms with Gasteiger partial charge in [-0.3, -0.25) is 4.79 Å². The summed E-state index contributed by atoms with van der Waals surface area (Å²) in [6.07, 6.45) is 0.886. The van der Waals surface area contributed by atoms with Crippen LogP contribution in [0.1, 0.15) is 37.6 Å². The molecule has 0 saturated carbocycles. The fourth-order valence-electron chi connectivity index (χ4n) is 2.72. The molecule has 7 heteroatoms. The molecule has 0 aliphatic carbocycles. The second kappa shape index (κ2) is 11.6. The summed E-state index contributed by atoms with van der Waals surface area (Å²) in [5, 5.41) is 7.29. The summed E-state index contributed by atoms with van der Waals surface area (Å²) >= 11 is 1.34. The lowest BCUT2D eigenvalue weighted by Gasteiger charge is -2.12. The Bertz CT molecular complexity index is 761. The van der Waals surface area contributed by atoms with E-state index in [9.17, 15) is 9.59 Å². The summed E-state index contributed by atoms with van der Waals surface area (Å²) in [6.45, 7) is 8.06. The Labute approximate surface area is 170 Å². The predicted molar refractivity (Wildman–Crippen MR) is 112 cm³/mol. The van der Waals surface area contributed by atoms with Crippen LogP contribution in [-0.2, 0) is 14.3 Å². The first-order valence-corrected chi connectivity index (χ1v) is 10.5. The van der Waals surface area contributed by atoms with Crippen molar-refractivity contribution in [1.82, 2.24) is 0 Å². The molecule has 2 rings (SSSR count). The van der Waals surface area contributed by atoms with Crippen LogP contribution in [0.4, 0.5) is 5.00 Å². The van der Waals surface area contributed by atoms with E-state index in [1.165, 1.54) is 11.3 Å². The molecule has 1 amide bonds. The van der Waals surface area contributed by atoms with E-state index in [4.69, 9.17) is 9.47 Å². The molecule has 2 aromatic rings. The number of hydrogen-bond donors (Lipinski definition) is 2. The number of quaternary nitrogens is 1. The van der Waals surface area contributed by atoms with Gasteiger partial charge in [-0.1, -0.05) is 30.3 Å². The minimum absolute atomic E-state index is 0.136. The van der Waals surface area contributed by atoms with E-state index in [0.717, 1.165) is 24.1 Å². The molecule has 1 atom stereocenters. The van der Waals surface area contributed by atoms with Crippen LogP contribution in [0.3, 0.4) is 0 Å². The number of esters is 1. The number of rotatable bonds is 11. The standard InChI is InChI=1S/C21H28N2O4S/c1-4-26-13-9-12-22-15(3)19(24)23-20-18(21(25)27-5-2)17(14-28-20)16-10-7-6-8-11-16/h6-8,10-11,14-15,22H,4-5,9,12-13H2,1-3H3,(H,23,24)/p+1/t15-/m1/s1. The Balaban J connectivity index is 2.11. The fourth-order valence-corrected chi connectivity index (χ4v) is 3.68. The third-order valence-electron chi connectivity index (χ3n) is 4.22. The van der Waals surface area contributed by atoms with Crippen molar-refractivity contribution < 1.29 is 24.4 Å². The normalized spacial score (nSPS) is 11.8.